The first-order valence-electron chi connectivity index (χ1n) is 8.41. The summed E-state index contributed by atoms with van der Waals surface area (Å²) < 4.78 is 0. The Labute approximate surface area is 155 Å². The minimum atomic E-state index is -0.545. The molecule has 134 valence electrons. The van der Waals surface area contributed by atoms with Crippen molar-refractivity contribution in [2.45, 2.75) is 6.54 Å². The number of hydrogen-bond donors (Lipinski definition) is 4. The van der Waals surface area contributed by atoms with Gasteiger partial charge in [0.05, 0.1) is 5.39 Å². The van der Waals surface area contributed by atoms with E-state index in [9.17, 15) is 4.79 Å². The van der Waals surface area contributed by atoms with E-state index in [1.807, 2.05) is 24.3 Å². The van der Waals surface area contributed by atoms with E-state index in [1.54, 1.807) is 29.7 Å². The molecule has 4 N–H and O–H groups in total. The predicted molar refractivity (Wildman–Crippen MR) is 102 cm³/mol. The molecule has 0 saturated carbocycles. The summed E-state index contributed by atoms with van der Waals surface area (Å²) in [7, 11) is 0. The molecule has 2 aromatic heterocycles. The molecule has 0 atom stereocenters. The number of amides is 1. The Kier molecular flexibility index (Phi) is 4.51. The van der Waals surface area contributed by atoms with E-state index in [-0.39, 0.29) is 0 Å². The topological polar surface area (TPSA) is 103 Å². The van der Waals surface area contributed by atoms with Crippen LogP contribution in [-0.4, -0.2) is 26.1 Å². The molecular weight excluding hydrogens is 342 g/mol. The number of rotatable bonds is 5. The maximum Gasteiger partial charge on any atom is 0.274 e. The van der Waals surface area contributed by atoms with Crippen LogP contribution in [0.2, 0.25) is 0 Å². The van der Waals surface area contributed by atoms with Crippen LogP contribution in [0.5, 0.6) is 0 Å². The Bertz CT molecular complexity index is 1070. The van der Waals surface area contributed by atoms with E-state index in [4.69, 9.17) is 5.21 Å². The first-order valence-corrected chi connectivity index (χ1v) is 8.41. The van der Waals surface area contributed by atoms with E-state index in [2.05, 4.69) is 32.4 Å². The molecule has 0 saturated heterocycles. The first-order chi connectivity index (χ1) is 13.2. The molecule has 0 radical (unpaired) electrons. The second-order valence-electron chi connectivity index (χ2n) is 6.03. The van der Waals surface area contributed by atoms with E-state index >= 15 is 0 Å². The molecule has 4 aromatic rings. The van der Waals surface area contributed by atoms with Gasteiger partial charge in [0.25, 0.3) is 5.91 Å². The molecule has 0 aliphatic carbocycles. The predicted octanol–water partition coefficient (Wildman–Crippen LogP) is 3.36. The van der Waals surface area contributed by atoms with Crippen LogP contribution >= 0.6 is 0 Å². The van der Waals surface area contributed by atoms with Crippen LogP contribution in [0, 0.1) is 0 Å². The number of fused-ring (bicyclic) bond motifs is 1. The second-order valence-corrected chi connectivity index (χ2v) is 6.03. The zero-order valence-corrected chi connectivity index (χ0v) is 14.3. The summed E-state index contributed by atoms with van der Waals surface area (Å²) in [6, 6.07) is 19.0. The highest BCUT2D eigenvalue weighted by Gasteiger charge is 2.10. The molecule has 27 heavy (non-hydrogen) atoms. The fourth-order valence-corrected chi connectivity index (χ4v) is 2.88. The highest BCUT2D eigenvalue weighted by molar-refractivity contribution is 5.94. The van der Waals surface area contributed by atoms with E-state index in [0.29, 0.717) is 12.1 Å². The van der Waals surface area contributed by atoms with Gasteiger partial charge >= 0.3 is 0 Å². The van der Waals surface area contributed by atoms with E-state index < -0.39 is 5.91 Å². The summed E-state index contributed by atoms with van der Waals surface area (Å²) in [6.45, 7) is 0.665. The number of aromatic nitrogens is 3. The van der Waals surface area contributed by atoms with Gasteiger partial charge in [0, 0.05) is 17.8 Å². The molecule has 0 unspecified atom stereocenters. The summed E-state index contributed by atoms with van der Waals surface area (Å²) in [5.74, 6) is 0.207. The lowest BCUT2D eigenvalue weighted by molar-refractivity contribution is 0.0706. The van der Waals surface area contributed by atoms with Crippen molar-refractivity contribution in [1.29, 1.82) is 0 Å². The molecule has 0 fully saturated rings. The van der Waals surface area contributed by atoms with Crippen molar-refractivity contribution in [2.24, 2.45) is 0 Å². The highest BCUT2D eigenvalue weighted by atomic mass is 16.5. The number of benzene rings is 2. The van der Waals surface area contributed by atoms with Gasteiger partial charge in [-0.2, -0.15) is 0 Å². The van der Waals surface area contributed by atoms with Crippen LogP contribution in [-0.2, 0) is 6.54 Å². The molecular formula is C20H17N5O2. The number of carbonyl (C=O) groups excluding carboxylic acids is 1. The standard InChI is InChI=1S/C20H17N5O2/c26-20(25-27)15-8-6-14(7-9-15)17-10-16-18(22-12-23-19(16)24-17)21-11-13-4-2-1-3-5-13/h1-10,12,27H,11H2,(H,25,26)(H2,21,22,23,24). The third-order valence-electron chi connectivity index (χ3n) is 4.29. The largest absolute Gasteiger partial charge is 0.365 e. The van der Waals surface area contributed by atoms with Crippen molar-refractivity contribution >= 4 is 22.8 Å². The lowest BCUT2D eigenvalue weighted by Crippen LogP contribution is -2.18. The number of H-pyrrole nitrogens is 1. The van der Waals surface area contributed by atoms with Gasteiger partial charge in [-0.3, -0.25) is 10.0 Å². The van der Waals surface area contributed by atoms with Gasteiger partial charge in [-0.25, -0.2) is 15.4 Å². The van der Waals surface area contributed by atoms with Crippen molar-refractivity contribution in [3.05, 3.63) is 78.1 Å². The molecule has 0 spiro atoms. The van der Waals surface area contributed by atoms with Crippen molar-refractivity contribution in [3.8, 4) is 11.3 Å². The fraction of sp³-hybridized carbons (Fsp3) is 0.0500. The van der Waals surface area contributed by atoms with Crippen LogP contribution < -0.4 is 10.8 Å². The maximum absolute atomic E-state index is 11.4. The highest BCUT2D eigenvalue weighted by Crippen LogP contribution is 2.27. The Morgan fingerprint density at radius 1 is 1.04 bits per heavy atom. The average molecular weight is 359 g/mol. The Morgan fingerprint density at radius 2 is 1.81 bits per heavy atom. The second kappa shape index (κ2) is 7.27. The van der Waals surface area contributed by atoms with Gasteiger partial charge in [-0.05, 0) is 29.3 Å². The number of hydrogen-bond acceptors (Lipinski definition) is 5. The normalized spacial score (nSPS) is 10.7. The molecule has 7 nitrogen and oxygen atoms in total. The lowest BCUT2D eigenvalue weighted by atomic mass is 10.1. The van der Waals surface area contributed by atoms with Gasteiger partial charge in [-0.15, -0.1) is 0 Å². The summed E-state index contributed by atoms with van der Waals surface area (Å²) >= 11 is 0. The summed E-state index contributed by atoms with van der Waals surface area (Å²) in [5, 5.41) is 12.9. The summed E-state index contributed by atoms with van der Waals surface area (Å²) in [5.41, 5.74) is 5.66. The number of anilines is 1. The molecule has 7 heteroatoms. The quantitative estimate of drug-likeness (QED) is 0.323. The van der Waals surface area contributed by atoms with Gasteiger partial charge in [0.1, 0.15) is 17.8 Å². The molecule has 0 aliphatic rings. The zero-order chi connectivity index (χ0) is 18.6. The third-order valence-corrected chi connectivity index (χ3v) is 4.29. The Morgan fingerprint density at radius 3 is 2.56 bits per heavy atom. The Balaban J connectivity index is 1.61. The maximum atomic E-state index is 11.4. The van der Waals surface area contributed by atoms with Crippen molar-refractivity contribution in [3.63, 3.8) is 0 Å². The first kappa shape index (κ1) is 16.7. The molecule has 4 rings (SSSR count). The van der Waals surface area contributed by atoms with Crippen molar-refractivity contribution in [1.82, 2.24) is 20.4 Å². The van der Waals surface area contributed by atoms with Crippen LogP contribution in [0.3, 0.4) is 0 Å². The molecule has 0 bridgehead atoms. The van der Waals surface area contributed by atoms with E-state index in [0.717, 1.165) is 33.7 Å². The fourth-order valence-electron chi connectivity index (χ4n) is 2.88. The monoisotopic (exact) mass is 359 g/mol. The average Bonchev–Trinajstić information content (AvgIpc) is 3.17. The minimum Gasteiger partial charge on any atom is -0.365 e. The molecule has 2 aromatic carbocycles. The van der Waals surface area contributed by atoms with Gasteiger partial charge < -0.3 is 10.3 Å². The van der Waals surface area contributed by atoms with Crippen LogP contribution in [0.1, 0.15) is 15.9 Å². The van der Waals surface area contributed by atoms with Gasteiger partial charge in [0.15, 0.2) is 0 Å². The molecule has 2 heterocycles. The number of aromatic amines is 1. The van der Waals surface area contributed by atoms with Crippen LogP contribution in [0.25, 0.3) is 22.3 Å². The van der Waals surface area contributed by atoms with Crippen molar-refractivity contribution < 1.29 is 10.0 Å². The lowest BCUT2D eigenvalue weighted by Gasteiger charge is -2.06. The molecule has 1 amide bonds. The summed E-state index contributed by atoms with van der Waals surface area (Å²) in [4.78, 5) is 23.4. The zero-order valence-electron chi connectivity index (χ0n) is 14.3. The van der Waals surface area contributed by atoms with Crippen molar-refractivity contribution in [2.75, 3.05) is 5.32 Å². The number of carbonyl (C=O) groups is 1. The smallest absolute Gasteiger partial charge is 0.274 e. The number of hydroxylamine groups is 1. The van der Waals surface area contributed by atoms with Gasteiger partial charge in [-0.1, -0.05) is 42.5 Å². The number of nitrogens with zero attached hydrogens (tertiary/aromatic N) is 2. The van der Waals surface area contributed by atoms with E-state index in [1.165, 1.54) is 6.33 Å². The Hall–Kier alpha value is -3.71. The molecule has 0 aliphatic heterocycles. The van der Waals surface area contributed by atoms with Crippen LogP contribution in [0.15, 0.2) is 67.0 Å². The summed E-state index contributed by atoms with van der Waals surface area (Å²) in [6.07, 6.45) is 1.52. The minimum absolute atomic E-state index is 0.377. The number of nitrogens with one attached hydrogen (secondary N) is 3. The van der Waals surface area contributed by atoms with Crippen LogP contribution in [0.4, 0.5) is 5.82 Å². The SMILES string of the molecule is O=C(NO)c1ccc(-c2cc3c(NCc4ccccc4)ncnc3[nH]2)cc1. The van der Waals surface area contributed by atoms with Gasteiger partial charge in [0.2, 0.25) is 0 Å². The third kappa shape index (κ3) is 3.49.